The smallest absolute Gasteiger partial charge is 0.00945 e. The molecule has 1 saturated heterocycles. The van der Waals surface area contributed by atoms with Crippen molar-refractivity contribution >= 4 is 11.9 Å². The maximum atomic E-state index is 2.49. The van der Waals surface area contributed by atoms with Gasteiger partial charge in [-0.15, -0.1) is 0 Å². The summed E-state index contributed by atoms with van der Waals surface area (Å²) in [7, 11) is 0. The van der Waals surface area contributed by atoms with E-state index in [-0.39, 0.29) is 0 Å². The lowest BCUT2D eigenvalue weighted by molar-refractivity contribution is 0.274. The Hall–Kier alpha value is 0.310. The second-order valence-corrected chi connectivity index (χ2v) is 4.49. The third-order valence-corrected chi connectivity index (χ3v) is 3.88. The summed E-state index contributed by atoms with van der Waals surface area (Å²) in [6, 6.07) is 0. The second kappa shape index (κ2) is 2.42. The highest BCUT2D eigenvalue weighted by Gasteiger charge is 2.44. The normalized spacial score (nSPS) is 30.9. The lowest BCUT2D eigenvalue weighted by Gasteiger charge is -2.29. The molecule has 2 heteroatoms. The maximum absolute atomic E-state index is 2.49. The highest BCUT2D eigenvalue weighted by molar-refractivity contribution is 7.96. The van der Waals surface area contributed by atoms with Crippen molar-refractivity contribution in [2.24, 2.45) is 5.41 Å². The van der Waals surface area contributed by atoms with Crippen molar-refractivity contribution in [3.63, 3.8) is 0 Å². The summed E-state index contributed by atoms with van der Waals surface area (Å²) in [4.78, 5) is 0. The molecule has 2 aliphatic rings. The molecular formula is C8H15NS. The van der Waals surface area contributed by atoms with Gasteiger partial charge in [-0.25, -0.2) is 0 Å². The molecule has 1 spiro atoms. The molecule has 0 aromatic heterocycles. The Bertz CT molecular complexity index is 121. The van der Waals surface area contributed by atoms with Gasteiger partial charge in [-0.3, -0.25) is 4.31 Å². The van der Waals surface area contributed by atoms with Gasteiger partial charge in [0, 0.05) is 13.1 Å². The van der Waals surface area contributed by atoms with Crippen LogP contribution in [0.1, 0.15) is 25.7 Å². The molecule has 10 heavy (non-hydrogen) atoms. The average molecular weight is 157 g/mol. The van der Waals surface area contributed by atoms with Gasteiger partial charge in [0.15, 0.2) is 0 Å². The van der Waals surface area contributed by atoms with Crippen LogP contribution in [0.4, 0.5) is 0 Å². The molecule has 0 aromatic rings. The van der Waals surface area contributed by atoms with Crippen molar-refractivity contribution in [1.82, 2.24) is 4.31 Å². The van der Waals surface area contributed by atoms with Gasteiger partial charge in [0.2, 0.25) is 0 Å². The van der Waals surface area contributed by atoms with Crippen LogP contribution in [0.15, 0.2) is 0 Å². The second-order valence-electron chi connectivity index (χ2n) is 3.61. The van der Waals surface area contributed by atoms with Crippen LogP contribution < -0.4 is 0 Å². The van der Waals surface area contributed by atoms with Crippen molar-refractivity contribution in [2.45, 2.75) is 25.7 Å². The van der Waals surface area contributed by atoms with Gasteiger partial charge in [-0.2, -0.15) is 0 Å². The van der Waals surface area contributed by atoms with Gasteiger partial charge in [-0.05, 0) is 37.4 Å². The van der Waals surface area contributed by atoms with Gasteiger partial charge in [0.1, 0.15) is 0 Å². The molecule has 58 valence electrons. The summed E-state index contributed by atoms with van der Waals surface area (Å²) in [5, 5.41) is 0. The summed E-state index contributed by atoms with van der Waals surface area (Å²) < 4.78 is 2.49. The fraction of sp³-hybridized carbons (Fsp3) is 1.00. The molecule has 1 aliphatic heterocycles. The molecule has 1 saturated carbocycles. The van der Waals surface area contributed by atoms with E-state index in [1.165, 1.54) is 38.8 Å². The van der Waals surface area contributed by atoms with E-state index in [0.29, 0.717) is 0 Å². The van der Waals surface area contributed by atoms with Crippen LogP contribution in [0.3, 0.4) is 0 Å². The molecule has 2 rings (SSSR count). The van der Waals surface area contributed by atoms with Gasteiger partial charge in [0.25, 0.3) is 0 Å². The molecule has 0 atom stereocenters. The monoisotopic (exact) mass is 157 g/mol. The predicted molar refractivity (Wildman–Crippen MR) is 46.0 cm³/mol. The van der Waals surface area contributed by atoms with E-state index in [9.17, 15) is 0 Å². The first-order valence-electron chi connectivity index (χ1n) is 4.14. The Balaban J connectivity index is 1.84. The lowest BCUT2D eigenvalue weighted by Crippen LogP contribution is -2.28. The minimum atomic E-state index is 0.853. The summed E-state index contributed by atoms with van der Waals surface area (Å²) in [6.07, 6.45) is 8.16. The zero-order valence-corrected chi connectivity index (χ0v) is 7.41. The highest BCUT2D eigenvalue weighted by atomic mass is 32.2. The number of piperidine rings is 1. The third kappa shape index (κ3) is 1.19. The molecule has 1 heterocycles. The molecule has 0 radical (unpaired) electrons. The Morgan fingerprint density at radius 1 is 1.10 bits per heavy atom. The van der Waals surface area contributed by atoms with E-state index in [4.69, 9.17) is 0 Å². The first kappa shape index (κ1) is 6.99. The zero-order chi connectivity index (χ0) is 7.03. The van der Waals surface area contributed by atoms with Crippen LogP contribution >= 0.6 is 11.9 Å². The minimum Gasteiger partial charge on any atom is -0.251 e. The molecule has 1 nitrogen and oxygen atoms in total. The molecule has 0 aromatic carbocycles. The Labute approximate surface area is 67.3 Å². The standard InChI is InChI=1S/C8H15NS/c1-10-9-6-4-8(2-3-8)5-7-9/h2-7H2,1H3. The Morgan fingerprint density at radius 3 is 2.10 bits per heavy atom. The van der Waals surface area contributed by atoms with Crippen LogP contribution in [-0.4, -0.2) is 23.7 Å². The van der Waals surface area contributed by atoms with Crippen molar-refractivity contribution in [2.75, 3.05) is 19.3 Å². The highest BCUT2D eigenvalue weighted by Crippen LogP contribution is 2.53. The topological polar surface area (TPSA) is 3.24 Å². The zero-order valence-electron chi connectivity index (χ0n) is 6.60. The van der Waals surface area contributed by atoms with Crippen molar-refractivity contribution < 1.29 is 0 Å². The molecule has 0 bridgehead atoms. The van der Waals surface area contributed by atoms with Crippen LogP contribution in [0, 0.1) is 5.41 Å². The summed E-state index contributed by atoms with van der Waals surface area (Å²) in [5.41, 5.74) is 0.853. The maximum Gasteiger partial charge on any atom is 0.00945 e. The predicted octanol–water partition coefficient (Wildman–Crippen LogP) is 2.14. The SMILES string of the molecule is CSN1CCC2(CC1)CC2. The first-order chi connectivity index (χ1) is 4.85. The lowest BCUT2D eigenvalue weighted by atomic mass is 9.95. The summed E-state index contributed by atoms with van der Waals surface area (Å²) in [5.74, 6) is 0. The largest absolute Gasteiger partial charge is 0.251 e. The van der Waals surface area contributed by atoms with Gasteiger partial charge in [-0.1, -0.05) is 11.9 Å². The summed E-state index contributed by atoms with van der Waals surface area (Å²) >= 11 is 1.91. The van der Waals surface area contributed by atoms with E-state index in [1.807, 2.05) is 11.9 Å². The molecule has 2 fully saturated rings. The van der Waals surface area contributed by atoms with Crippen LogP contribution in [0.5, 0.6) is 0 Å². The molecule has 0 amide bonds. The van der Waals surface area contributed by atoms with Gasteiger partial charge < -0.3 is 0 Å². The van der Waals surface area contributed by atoms with Gasteiger partial charge >= 0.3 is 0 Å². The van der Waals surface area contributed by atoms with E-state index < -0.39 is 0 Å². The van der Waals surface area contributed by atoms with E-state index in [1.54, 1.807) is 0 Å². The van der Waals surface area contributed by atoms with Gasteiger partial charge in [0.05, 0.1) is 0 Å². The van der Waals surface area contributed by atoms with E-state index in [2.05, 4.69) is 10.6 Å². The molecule has 0 N–H and O–H groups in total. The first-order valence-corrected chi connectivity index (χ1v) is 5.32. The van der Waals surface area contributed by atoms with Crippen LogP contribution in [-0.2, 0) is 0 Å². The molecule has 1 aliphatic carbocycles. The number of hydrogen-bond acceptors (Lipinski definition) is 2. The van der Waals surface area contributed by atoms with Crippen molar-refractivity contribution in [1.29, 1.82) is 0 Å². The quantitative estimate of drug-likeness (QED) is 0.536. The van der Waals surface area contributed by atoms with Crippen molar-refractivity contribution in [3.8, 4) is 0 Å². The number of hydrogen-bond donors (Lipinski definition) is 0. The third-order valence-electron chi connectivity index (χ3n) is 3.00. The fourth-order valence-corrected chi connectivity index (χ4v) is 2.37. The molecular weight excluding hydrogens is 142 g/mol. The van der Waals surface area contributed by atoms with Crippen LogP contribution in [0.2, 0.25) is 0 Å². The number of nitrogens with zero attached hydrogens (tertiary/aromatic N) is 1. The summed E-state index contributed by atoms with van der Waals surface area (Å²) in [6.45, 7) is 2.67. The minimum absolute atomic E-state index is 0.853. The molecule has 0 unspecified atom stereocenters. The Morgan fingerprint density at radius 2 is 1.70 bits per heavy atom. The fourth-order valence-electron chi connectivity index (χ4n) is 1.82. The van der Waals surface area contributed by atoms with Crippen molar-refractivity contribution in [3.05, 3.63) is 0 Å². The number of rotatable bonds is 1. The van der Waals surface area contributed by atoms with Crippen LogP contribution in [0.25, 0.3) is 0 Å². The van der Waals surface area contributed by atoms with E-state index in [0.717, 1.165) is 5.41 Å². The Kier molecular flexibility index (Phi) is 1.69. The van der Waals surface area contributed by atoms with E-state index >= 15 is 0 Å². The average Bonchev–Trinajstić information content (AvgIpc) is 2.72.